The minimum Gasteiger partial charge on any atom is -0.481 e. The summed E-state index contributed by atoms with van der Waals surface area (Å²) in [5.41, 5.74) is 1.21. The largest absolute Gasteiger partial charge is 0.481 e. The first-order chi connectivity index (χ1) is 9.22. The highest BCUT2D eigenvalue weighted by molar-refractivity contribution is 5.77. The smallest absolute Gasteiger partial charge is 0.317 e. The van der Waals surface area contributed by atoms with Crippen molar-refractivity contribution in [2.24, 2.45) is 5.41 Å². The van der Waals surface area contributed by atoms with Crippen LogP contribution in [0.25, 0.3) is 0 Å². The zero-order valence-corrected chi connectivity index (χ0v) is 12.4. The Kier molecular flexibility index (Phi) is 5.13. The zero-order chi connectivity index (χ0) is 15.3. The molecule has 0 radical (unpaired) electrons. The van der Waals surface area contributed by atoms with Crippen LogP contribution in [0, 0.1) is 12.3 Å². The third-order valence-electron chi connectivity index (χ3n) is 3.11. The summed E-state index contributed by atoms with van der Waals surface area (Å²) in [5.74, 6) is -0.931. The highest BCUT2D eigenvalue weighted by atomic mass is 16.4. The number of carboxylic acids is 1. The summed E-state index contributed by atoms with van der Waals surface area (Å²) in [5, 5.41) is 11.6. The maximum atomic E-state index is 11.9. The van der Waals surface area contributed by atoms with E-state index in [2.05, 4.69) is 5.32 Å². The quantitative estimate of drug-likeness (QED) is 0.868. The molecule has 0 fully saturated rings. The number of carbonyl (C=O) groups excluding carboxylic acids is 1. The van der Waals surface area contributed by atoms with E-state index < -0.39 is 11.4 Å². The molecule has 0 atom stereocenters. The highest BCUT2D eigenvalue weighted by Gasteiger charge is 2.28. The lowest BCUT2D eigenvalue weighted by Crippen LogP contribution is -2.43. The molecule has 0 heterocycles. The van der Waals surface area contributed by atoms with Crippen LogP contribution in [0.15, 0.2) is 24.3 Å². The molecule has 110 valence electrons. The summed E-state index contributed by atoms with van der Waals surface area (Å²) in [6.45, 7) is 5.74. The first kappa shape index (κ1) is 16.0. The van der Waals surface area contributed by atoms with Crippen molar-refractivity contribution in [2.75, 3.05) is 13.6 Å². The first-order valence-corrected chi connectivity index (χ1v) is 6.50. The Balaban J connectivity index is 2.54. The van der Waals surface area contributed by atoms with Crippen LogP contribution >= 0.6 is 0 Å². The van der Waals surface area contributed by atoms with Gasteiger partial charge >= 0.3 is 12.0 Å². The van der Waals surface area contributed by atoms with E-state index in [0.29, 0.717) is 6.54 Å². The van der Waals surface area contributed by atoms with Crippen LogP contribution in [-0.2, 0) is 11.3 Å². The van der Waals surface area contributed by atoms with Gasteiger partial charge in [-0.05, 0) is 26.3 Å². The van der Waals surface area contributed by atoms with E-state index in [1.54, 1.807) is 20.9 Å². The number of amides is 2. The molecule has 2 N–H and O–H groups in total. The molecule has 2 amide bonds. The van der Waals surface area contributed by atoms with Gasteiger partial charge in [0, 0.05) is 20.1 Å². The van der Waals surface area contributed by atoms with Crippen molar-refractivity contribution in [3.05, 3.63) is 35.4 Å². The standard InChI is InChI=1S/C15H22N2O3/c1-11-6-5-7-12(8-11)9-17(4)14(20)16-10-15(2,3)13(18)19/h5-8H,9-10H2,1-4H3,(H,16,20)(H,18,19). The number of aryl methyl sites for hydroxylation is 1. The van der Waals surface area contributed by atoms with Gasteiger partial charge in [0.1, 0.15) is 0 Å². The number of carboxylic acid groups (broad SMARTS) is 1. The van der Waals surface area contributed by atoms with Gasteiger partial charge in [-0.2, -0.15) is 0 Å². The molecule has 0 aliphatic heterocycles. The summed E-state index contributed by atoms with van der Waals surface area (Å²) < 4.78 is 0. The van der Waals surface area contributed by atoms with Crippen molar-refractivity contribution in [1.82, 2.24) is 10.2 Å². The summed E-state index contributed by atoms with van der Waals surface area (Å²) in [4.78, 5) is 24.4. The molecule has 0 aliphatic rings. The molecule has 5 nitrogen and oxygen atoms in total. The van der Waals surface area contributed by atoms with Crippen molar-refractivity contribution < 1.29 is 14.7 Å². The number of rotatable bonds is 5. The minimum absolute atomic E-state index is 0.0966. The molecule has 5 heteroatoms. The summed E-state index contributed by atoms with van der Waals surface area (Å²) in [6.07, 6.45) is 0. The van der Waals surface area contributed by atoms with Crippen molar-refractivity contribution in [3.63, 3.8) is 0 Å². The van der Waals surface area contributed by atoms with Gasteiger partial charge in [0.15, 0.2) is 0 Å². The number of carbonyl (C=O) groups is 2. The fourth-order valence-electron chi connectivity index (χ4n) is 1.66. The number of hydrogen-bond acceptors (Lipinski definition) is 2. The Labute approximate surface area is 119 Å². The Hall–Kier alpha value is -2.04. The third kappa shape index (κ3) is 4.57. The average molecular weight is 278 g/mol. The summed E-state index contributed by atoms with van der Waals surface area (Å²) >= 11 is 0. The third-order valence-corrected chi connectivity index (χ3v) is 3.11. The van der Waals surface area contributed by atoms with Crippen molar-refractivity contribution in [3.8, 4) is 0 Å². The Morgan fingerprint density at radius 2 is 2.00 bits per heavy atom. The lowest BCUT2D eigenvalue weighted by molar-refractivity contribution is -0.146. The molecule has 0 bridgehead atoms. The second-order valence-corrected chi connectivity index (χ2v) is 5.69. The second kappa shape index (κ2) is 6.41. The number of urea groups is 1. The Morgan fingerprint density at radius 3 is 2.55 bits per heavy atom. The zero-order valence-electron chi connectivity index (χ0n) is 12.4. The van der Waals surface area contributed by atoms with Crippen molar-refractivity contribution >= 4 is 12.0 Å². The number of aliphatic carboxylic acids is 1. The maximum Gasteiger partial charge on any atom is 0.317 e. The molecule has 1 aromatic carbocycles. The van der Waals surface area contributed by atoms with E-state index >= 15 is 0 Å². The molecule has 0 unspecified atom stereocenters. The topological polar surface area (TPSA) is 69.6 Å². The van der Waals surface area contributed by atoms with Crippen LogP contribution in [0.3, 0.4) is 0 Å². The fraction of sp³-hybridized carbons (Fsp3) is 0.467. The molecule has 1 aromatic rings. The number of nitrogens with zero attached hydrogens (tertiary/aromatic N) is 1. The fourth-order valence-corrected chi connectivity index (χ4v) is 1.66. The number of benzene rings is 1. The van der Waals surface area contributed by atoms with Crippen LogP contribution < -0.4 is 5.32 Å². The van der Waals surface area contributed by atoms with E-state index in [-0.39, 0.29) is 12.6 Å². The molecular formula is C15H22N2O3. The van der Waals surface area contributed by atoms with Crippen LogP contribution in [0.5, 0.6) is 0 Å². The second-order valence-electron chi connectivity index (χ2n) is 5.69. The monoisotopic (exact) mass is 278 g/mol. The molecule has 0 saturated carbocycles. The SMILES string of the molecule is Cc1cccc(CN(C)C(=O)NCC(C)(C)C(=O)O)c1. The van der Waals surface area contributed by atoms with E-state index in [4.69, 9.17) is 5.11 Å². The van der Waals surface area contributed by atoms with Crippen LogP contribution in [0.4, 0.5) is 4.79 Å². The first-order valence-electron chi connectivity index (χ1n) is 6.50. The van der Waals surface area contributed by atoms with Gasteiger partial charge in [0.2, 0.25) is 0 Å². The van der Waals surface area contributed by atoms with Crippen LogP contribution in [0.2, 0.25) is 0 Å². The van der Waals surface area contributed by atoms with Gasteiger partial charge in [-0.25, -0.2) is 4.79 Å². The molecule has 0 aromatic heterocycles. The van der Waals surface area contributed by atoms with Crippen LogP contribution in [0.1, 0.15) is 25.0 Å². The molecule has 0 saturated heterocycles. The molecule has 20 heavy (non-hydrogen) atoms. The van der Waals surface area contributed by atoms with E-state index in [1.165, 1.54) is 4.90 Å². The summed E-state index contributed by atoms with van der Waals surface area (Å²) in [6, 6.07) is 7.65. The molecular weight excluding hydrogens is 256 g/mol. The Morgan fingerprint density at radius 1 is 1.35 bits per heavy atom. The number of nitrogens with one attached hydrogen (secondary N) is 1. The van der Waals surface area contributed by atoms with Crippen molar-refractivity contribution in [2.45, 2.75) is 27.3 Å². The van der Waals surface area contributed by atoms with E-state index in [0.717, 1.165) is 11.1 Å². The van der Waals surface area contributed by atoms with Gasteiger partial charge in [0.05, 0.1) is 5.41 Å². The molecule has 0 spiro atoms. The Bertz CT molecular complexity index is 498. The van der Waals surface area contributed by atoms with Crippen LogP contribution in [-0.4, -0.2) is 35.6 Å². The average Bonchev–Trinajstić information content (AvgIpc) is 2.35. The predicted octanol–water partition coefficient (Wildman–Crippen LogP) is 2.25. The van der Waals surface area contributed by atoms with Gasteiger partial charge in [-0.1, -0.05) is 29.8 Å². The van der Waals surface area contributed by atoms with Gasteiger partial charge < -0.3 is 15.3 Å². The van der Waals surface area contributed by atoms with Gasteiger partial charge in [-0.15, -0.1) is 0 Å². The normalized spacial score (nSPS) is 11.0. The minimum atomic E-state index is -0.972. The molecule has 1 rings (SSSR count). The van der Waals surface area contributed by atoms with E-state index in [9.17, 15) is 9.59 Å². The lowest BCUT2D eigenvalue weighted by Gasteiger charge is -2.23. The van der Waals surface area contributed by atoms with Gasteiger partial charge in [0.25, 0.3) is 0 Å². The number of hydrogen-bond donors (Lipinski definition) is 2. The van der Waals surface area contributed by atoms with E-state index in [1.807, 2.05) is 31.2 Å². The summed E-state index contributed by atoms with van der Waals surface area (Å²) in [7, 11) is 1.69. The lowest BCUT2D eigenvalue weighted by atomic mass is 9.94. The van der Waals surface area contributed by atoms with Gasteiger partial charge in [-0.3, -0.25) is 4.79 Å². The van der Waals surface area contributed by atoms with Crippen molar-refractivity contribution in [1.29, 1.82) is 0 Å². The highest BCUT2D eigenvalue weighted by Crippen LogP contribution is 2.13. The predicted molar refractivity (Wildman–Crippen MR) is 77.5 cm³/mol. The maximum absolute atomic E-state index is 11.9. The molecule has 0 aliphatic carbocycles.